The van der Waals surface area contributed by atoms with Crippen LogP contribution in [0.25, 0.3) is 0 Å². The van der Waals surface area contributed by atoms with Gasteiger partial charge in [0.25, 0.3) is 0 Å². The van der Waals surface area contributed by atoms with Gasteiger partial charge in [0.15, 0.2) is 0 Å². The summed E-state index contributed by atoms with van der Waals surface area (Å²) in [5.74, 6) is -0.606. The van der Waals surface area contributed by atoms with Crippen molar-refractivity contribution in [1.82, 2.24) is 0 Å². The summed E-state index contributed by atoms with van der Waals surface area (Å²) in [5, 5.41) is 0.192. The monoisotopic (exact) mass is 187 g/mol. The van der Waals surface area contributed by atoms with Gasteiger partial charge in [-0.1, -0.05) is 17.7 Å². The Hall–Kier alpha value is -1.09. The predicted octanol–water partition coefficient (Wildman–Crippen LogP) is 1.91. The van der Waals surface area contributed by atoms with Crippen molar-refractivity contribution in [3.8, 4) is 0 Å². The molecule has 0 aliphatic rings. The number of carbonyl (C=O) groups excluding carboxylic acids is 1. The Morgan fingerprint density at radius 2 is 2.25 bits per heavy atom. The van der Waals surface area contributed by atoms with Crippen LogP contribution in [0.4, 0.5) is 4.39 Å². The lowest BCUT2D eigenvalue weighted by atomic mass is 10.1. The van der Waals surface area contributed by atoms with Gasteiger partial charge in [0, 0.05) is 0 Å². The van der Waals surface area contributed by atoms with Gasteiger partial charge in [0.1, 0.15) is 6.67 Å². The molecule has 0 saturated heterocycles. The summed E-state index contributed by atoms with van der Waals surface area (Å²) in [6.45, 7) is -0.598. The molecule has 1 rings (SSSR count). The van der Waals surface area contributed by atoms with Crippen molar-refractivity contribution in [3.05, 3.63) is 34.3 Å². The summed E-state index contributed by atoms with van der Waals surface area (Å²) in [4.78, 5) is 10.7. The standard InChI is InChI=1S/C8H7ClFNO/c9-7-3-5(4-10)1-2-6(7)8(11)12/h1-3H,4H2,(H2,11,12). The molecule has 2 N–H and O–H groups in total. The highest BCUT2D eigenvalue weighted by atomic mass is 35.5. The first kappa shape index (κ1) is 9.00. The van der Waals surface area contributed by atoms with Gasteiger partial charge in [0.2, 0.25) is 5.91 Å². The van der Waals surface area contributed by atoms with Crippen LogP contribution in [0.15, 0.2) is 18.2 Å². The van der Waals surface area contributed by atoms with E-state index in [4.69, 9.17) is 17.3 Å². The Labute approximate surface area is 74.1 Å². The second-order valence-electron chi connectivity index (χ2n) is 2.31. The number of primary amides is 1. The van der Waals surface area contributed by atoms with Gasteiger partial charge >= 0.3 is 0 Å². The number of alkyl halides is 1. The molecule has 0 fully saturated rings. The van der Waals surface area contributed by atoms with Crippen LogP contribution in [-0.2, 0) is 6.67 Å². The van der Waals surface area contributed by atoms with E-state index in [9.17, 15) is 9.18 Å². The average Bonchev–Trinajstić information content (AvgIpc) is 2.03. The number of rotatable bonds is 2. The first-order valence-electron chi connectivity index (χ1n) is 3.29. The molecular formula is C8H7ClFNO. The average molecular weight is 188 g/mol. The molecule has 0 saturated carbocycles. The SMILES string of the molecule is NC(=O)c1ccc(CF)cc1Cl. The zero-order chi connectivity index (χ0) is 9.14. The number of benzene rings is 1. The van der Waals surface area contributed by atoms with E-state index in [1.54, 1.807) is 0 Å². The molecule has 0 unspecified atom stereocenters. The minimum Gasteiger partial charge on any atom is -0.366 e. The fourth-order valence-electron chi connectivity index (χ4n) is 0.842. The molecule has 2 nitrogen and oxygen atoms in total. The molecule has 0 aliphatic carbocycles. The van der Waals surface area contributed by atoms with E-state index in [2.05, 4.69) is 0 Å². The van der Waals surface area contributed by atoms with Gasteiger partial charge in [-0.15, -0.1) is 0 Å². The quantitative estimate of drug-likeness (QED) is 0.755. The van der Waals surface area contributed by atoms with Gasteiger partial charge in [0.05, 0.1) is 10.6 Å². The highest BCUT2D eigenvalue weighted by Crippen LogP contribution is 2.17. The van der Waals surface area contributed by atoms with Crippen molar-refractivity contribution in [2.24, 2.45) is 5.73 Å². The third-order valence-corrected chi connectivity index (χ3v) is 1.77. The molecule has 0 spiro atoms. The first-order chi connectivity index (χ1) is 5.65. The van der Waals surface area contributed by atoms with Gasteiger partial charge < -0.3 is 5.73 Å². The van der Waals surface area contributed by atoms with Crippen LogP contribution < -0.4 is 5.73 Å². The fraction of sp³-hybridized carbons (Fsp3) is 0.125. The maximum absolute atomic E-state index is 12.1. The van der Waals surface area contributed by atoms with Crippen LogP contribution >= 0.6 is 11.6 Å². The van der Waals surface area contributed by atoms with Crippen molar-refractivity contribution in [2.45, 2.75) is 6.67 Å². The highest BCUT2D eigenvalue weighted by Gasteiger charge is 2.06. The molecule has 0 aromatic heterocycles. The summed E-state index contributed by atoms with van der Waals surface area (Å²) >= 11 is 5.64. The molecule has 4 heteroatoms. The second-order valence-corrected chi connectivity index (χ2v) is 2.72. The third-order valence-electron chi connectivity index (χ3n) is 1.45. The Morgan fingerprint density at radius 1 is 1.58 bits per heavy atom. The maximum atomic E-state index is 12.1. The van der Waals surface area contributed by atoms with Crippen molar-refractivity contribution >= 4 is 17.5 Å². The van der Waals surface area contributed by atoms with E-state index in [0.29, 0.717) is 5.56 Å². The Morgan fingerprint density at radius 3 is 2.67 bits per heavy atom. The first-order valence-corrected chi connectivity index (χ1v) is 3.67. The van der Waals surface area contributed by atoms with Gasteiger partial charge in [-0.3, -0.25) is 4.79 Å². The molecule has 0 bridgehead atoms. The highest BCUT2D eigenvalue weighted by molar-refractivity contribution is 6.33. The number of hydrogen-bond donors (Lipinski definition) is 1. The molecule has 0 radical (unpaired) electrons. The van der Waals surface area contributed by atoms with E-state index >= 15 is 0 Å². The van der Waals surface area contributed by atoms with Crippen LogP contribution in [0.2, 0.25) is 5.02 Å². The normalized spacial score (nSPS) is 9.83. The molecule has 12 heavy (non-hydrogen) atoms. The largest absolute Gasteiger partial charge is 0.366 e. The minimum atomic E-state index is -0.606. The van der Waals surface area contributed by atoms with Crippen LogP contribution in [-0.4, -0.2) is 5.91 Å². The van der Waals surface area contributed by atoms with E-state index < -0.39 is 12.6 Å². The lowest BCUT2D eigenvalue weighted by Gasteiger charge is -2.00. The molecule has 1 aromatic rings. The maximum Gasteiger partial charge on any atom is 0.250 e. The predicted molar refractivity (Wildman–Crippen MR) is 44.8 cm³/mol. The molecule has 0 atom stereocenters. The topological polar surface area (TPSA) is 43.1 Å². The van der Waals surface area contributed by atoms with Crippen molar-refractivity contribution in [1.29, 1.82) is 0 Å². The van der Waals surface area contributed by atoms with Crippen molar-refractivity contribution in [3.63, 3.8) is 0 Å². The summed E-state index contributed by atoms with van der Waals surface area (Å²) < 4.78 is 12.1. The fourth-order valence-corrected chi connectivity index (χ4v) is 1.14. The van der Waals surface area contributed by atoms with E-state index in [1.807, 2.05) is 0 Å². The molecule has 0 aliphatic heterocycles. The summed E-state index contributed by atoms with van der Waals surface area (Å²) in [6.07, 6.45) is 0. The Kier molecular flexibility index (Phi) is 2.65. The van der Waals surface area contributed by atoms with Crippen LogP contribution in [0.1, 0.15) is 15.9 Å². The molecular weight excluding hydrogens is 181 g/mol. The third kappa shape index (κ3) is 1.74. The van der Waals surface area contributed by atoms with E-state index in [-0.39, 0.29) is 10.6 Å². The minimum absolute atomic E-state index is 0.192. The zero-order valence-electron chi connectivity index (χ0n) is 6.18. The molecule has 64 valence electrons. The molecule has 1 aromatic carbocycles. The number of halogens is 2. The Bertz CT molecular complexity index is 314. The summed E-state index contributed by atoms with van der Waals surface area (Å²) in [6, 6.07) is 4.28. The Balaban J connectivity index is 3.12. The number of amides is 1. The lowest BCUT2D eigenvalue weighted by Crippen LogP contribution is -2.11. The number of hydrogen-bond acceptors (Lipinski definition) is 1. The molecule has 1 amide bonds. The lowest BCUT2D eigenvalue weighted by molar-refractivity contribution is 0.100. The van der Waals surface area contributed by atoms with Gasteiger partial charge in [-0.2, -0.15) is 0 Å². The number of nitrogens with two attached hydrogens (primary N) is 1. The van der Waals surface area contributed by atoms with Crippen molar-refractivity contribution < 1.29 is 9.18 Å². The number of carbonyl (C=O) groups is 1. The summed E-state index contributed by atoms with van der Waals surface area (Å²) in [5.41, 5.74) is 5.64. The van der Waals surface area contributed by atoms with Crippen LogP contribution in [0.5, 0.6) is 0 Å². The van der Waals surface area contributed by atoms with Crippen molar-refractivity contribution in [2.75, 3.05) is 0 Å². The smallest absolute Gasteiger partial charge is 0.250 e. The summed E-state index contributed by atoms with van der Waals surface area (Å²) in [7, 11) is 0. The van der Waals surface area contributed by atoms with Gasteiger partial charge in [-0.05, 0) is 17.7 Å². The zero-order valence-corrected chi connectivity index (χ0v) is 6.94. The molecule has 0 heterocycles. The van der Waals surface area contributed by atoms with E-state index in [0.717, 1.165) is 0 Å². The van der Waals surface area contributed by atoms with Crippen LogP contribution in [0, 0.1) is 0 Å². The van der Waals surface area contributed by atoms with Gasteiger partial charge in [-0.25, -0.2) is 4.39 Å². The second kappa shape index (κ2) is 3.54. The van der Waals surface area contributed by atoms with E-state index in [1.165, 1.54) is 18.2 Å². The van der Waals surface area contributed by atoms with Crippen LogP contribution in [0.3, 0.4) is 0 Å².